The van der Waals surface area contributed by atoms with Crippen LogP contribution >= 0.6 is 0 Å². The fraction of sp³-hybridized carbons (Fsp3) is 0.500. The first-order valence-corrected chi connectivity index (χ1v) is 6.32. The Morgan fingerprint density at radius 3 is 2.95 bits per heavy atom. The molecule has 2 rings (SSSR count). The molecule has 2 amide bonds. The average Bonchev–Trinajstić information content (AvgIpc) is 3.01. The first-order chi connectivity index (χ1) is 9.54. The molecular weight excluding hydrogens is 260 g/mol. The maximum absolute atomic E-state index is 12.0. The van der Waals surface area contributed by atoms with E-state index >= 15 is 0 Å². The fourth-order valence-electron chi connectivity index (χ4n) is 1.73. The van der Waals surface area contributed by atoms with Crippen molar-refractivity contribution in [2.24, 2.45) is 0 Å². The van der Waals surface area contributed by atoms with E-state index in [9.17, 15) is 4.79 Å². The summed E-state index contributed by atoms with van der Waals surface area (Å²) in [5.41, 5.74) is 0. The molecule has 2 aromatic rings. The summed E-state index contributed by atoms with van der Waals surface area (Å²) in [5, 5.41) is 14.6. The molecule has 108 valence electrons. The summed E-state index contributed by atoms with van der Waals surface area (Å²) >= 11 is 0. The van der Waals surface area contributed by atoms with Crippen LogP contribution in [0.25, 0.3) is 0 Å². The third kappa shape index (κ3) is 3.81. The van der Waals surface area contributed by atoms with Crippen LogP contribution in [0.1, 0.15) is 18.7 Å². The fourth-order valence-corrected chi connectivity index (χ4v) is 1.73. The number of nitrogens with one attached hydrogen (secondary N) is 1. The van der Waals surface area contributed by atoms with Gasteiger partial charge < -0.3 is 14.6 Å². The van der Waals surface area contributed by atoms with Crippen molar-refractivity contribution in [3.05, 3.63) is 30.2 Å². The summed E-state index contributed by atoms with van der Waals surface area (Å²) in [6, 6.07) is 1.62. The van der Waals surface area contributed by atoms with Crippen LogP contribution in [0.3, 0.4) is 0 Å². The zero-order valence-electron chi connectivity index (χ0n) is 11.8. The predicted octanol–water partition coefficient (Wildman–Crippen LogP) is 0.805. The number of rotatable bonds is 5. The van der Waals surface area contributed by atoms with Gasteiger partial charge in [-0.3, -0.25) is 4.68 Å². The monoisotopic (exact) mass is 278 g/mol. The molecule has 0 aliphatic rings. The zero-order valence-corrected chi connectivity index (χ0v) is 11.8. The van der Waals surface area contributed by atoms with Crippen molar-refractivity contribution in [2.75, 3.05) is 7.05 Å². The number of amides is 2. The molecule has 1 atom stereocenters. The van der Waals surface area contributed by atoms with Gasteiger partial charge in [-0.1, -0.05) is 0 Å². The summed E-state index contributed by atoms with van der Waals surface area (Å²) in [6.45, 7) is 4.53. The van der Waals surface area contributed by atoms with Crippen LogP contribution in [-0.4, -0.2) is 44.0 Å². The van der Waals surface area contributed by atoms with Crippen LogP contribution in [0.4, 0.5) is 4.79 Å². The largest absolute Gasteiger partial charge is 0.424 e. The van der Waals surface area contributed by atoms with Gasteiger partial charge in [-0.15, -0.1) is 10.2 Å². The lowest BCUT2D eigenvalue weighted by atomic mass is 10.3. The van der Waals surface area contributed by atoms with Crippen LogP contribution < -0.4 is 5.32 Å². The molecule has 0 aliphatic carbocycles. The van der Waals surface area contributed by atoms with E-state index in [1.165, 1.54) is 4.90 Å². The van der Waals surface area contributed by atoms with E-state index in [1.807, 2.05) is 19.2 Å². The van der Waals surface area contributed by atoms with Gasteiger partial charge >= 0.3 is 6.03 Å². The minimum absolute atomic E-state index is 0.0331. The molecule has 1 N–H and O–H groups in total. The van der Waals surface area contributed by atoms with Crippen molar-refractivity contribution in [1.29, 1.82) is 0 Å². The Bertz CT molecular complexity index is 550. The van der Waals surface area contributed by atoms with Gasteiger partial charge in [-0.05, 0) is 13.0 Å². The highest BCUT2D eigenvalue weighted by atomic mass is 16.4. The van der Waals surface area contributed by atoms with E-state index in [0.717, 1.165) is 0 Å². The van der Waals surface area contributed by atoms with Crippen LogP contribution in [0.15, 0.2) is 22.9 Å². The molecule has 8 nitrogen and oxygen atoms in total. The molecule has 2 aromatic heterocycles. The maximum atomic E-state index is 12.0. The second-order valence-corrected chi connectivity index (χ2v) is 4.65. The van der Waals surface area contributed by atoms with Gasteiger partial charge in [0.25, 0.3) is 0 Å². The van der Waals surface area contributed by atoms with Crippen molar-refractivity contribution >= 4 is 6.03 Å². The number of aromatic nitrogens is 4. The van der Waals surface area contributed by atoms with Gasteiger partial charge in [-0.25, -0.2) is 4.79 Å². The minimum Gasteiger partial charge on any atom is -0.424 e. The summed E-state index contributed by atoms with van der Waals surface area (Å²) in [6.07, 6.45) is 3.56. The molecule has 0 radical (unpaired) electrons. The number of carbonyl (C=O) groups excluding carboxylic acids is 1. The van der Waals surface area contributed by atoms with E-state index in [0.29, 0.717) is 18.3 Å². The normalized spacial score (nSPS) is 12.2. The lowest BCUT2D eigenvalue weighted by molar-refractivity contribution is 0.197. The standard InChI is InChI=1S/C12H18N6O2/c1-9(7-18-6-4-5-13-18)14-12(19)17(3)8-11-16-15-10(2)20-11/h4-6,9H,7-8H2,1-3H3,(H,14,19)/t9-/m1/s1. The number of carbonyl (C=O) groups is 1. The molecule has 0 spiro atoms. The van der Waals surface area contributed by atoms with Crippen LogP contribution in [0.5, 0.6) is 0 Å². The van der Waals surface area contributed by atoms with Crippen molar-refractivity contribution < 1.29 is 9.21 Å². The smallest absolute Gasteiger partial charge is 0.317 e. The Balaban J connectivity index is 1.81. The highest BCUT2D eigenvalue weighted by Crippen LogP contribution is 2.02. The maximum Gasteiger partial charge on any atom is 0.317 e. The Morgan fingerprint density at radius 1 is 1.55 bits per heavy atom. The summed E-state index contributed by atoms with van der Waals surface area (Å²) in [4.78, 5) is 13.5. The number of urea groups is 1. The molecule has 0 bridgehead atoms. The lowest BCUT2D eigenvalue weighted by Crippen LogP contribution is -2.43. The second kappa shape index (κ2) is 6.18. The number of hydrogen-bond acceptors (Lipinski definition) is 5. The quantitative estimate of drug-likeness (QED) is 0.874. The first-order valence-electron chi connectivity index (χ1n) is 6.32. The molecule has 0 fully saturated rings. The van der Waals surface area contributed by atoms with E-state index in [1.54, 1.807) is 24.9 Å². The number of aryl methyl sites for hydroxylation is 1. The number of hydrogen-bond donors (Lipinski definition) is 1. The van der Waals surface area contributed by atoms with E-state index in [-0.39, 0.29) is 18.6 Å². The predicted molar refractivity (Wildman–Crippen MR) is 70.7 cm³/mol. The molecule has 0 aromatic carbocycles. The lowest BCUT2D eigenvalue weighted by Gasteiger charge is -2.20. The molecule has 20 heavy (non-hydrogen) atoms. The van der Waals surface area contributed by atoms with Gasteiger partial charge in [-0.2, -0.15) is 5.10 Å². The third-order valence-electron chi connectivity index (χ3n) is 2.68. The summed E-state index contributed by atoms with van der Waals surface area (Å²) < 4.78 is 7.01. The van der Waals surface area contributed by atoms with Gasteiger partial charge in [0, 0.05) is 32.4 Å². The van der Waals surface area contributed by atoms with E-state index in [2.05, 4.69) is 20.6 Å². The summed E-state index contributed by atoms with van der Waals surface area (Å²) in [7, 11) is 1.68. The van der Waals surface area contributed by atoms with Gasteiger partial charge in [0.1, 0.15) is 6.54 Å². The Kier molecular flexibility index (Phi) is 4.34. The zero-order chi connectivity index (χ0) is 14.5. The second-order valence-electron chi connectivity index (χ2n) is 4.65. The van der Waals surface area contributed by atoms with Crippen molar-refractivity contribution in [2.45, 2.75) is 33.0 Å². The molecule has 0 unspecified atom stereocenters. The summed E-state index contributed by atoms with van der Waals surface area (Å²) in [5.74, 6) is 0.903. The molecule has 8 heteroatoms. The average molecular weight is 278 g/mol. The van der Waals surface area contributed by atoms with Crippen LogP contribution in [0.2, 0.25) is 0 Å². The first kappa shape index (κ1) is 14.0. The van der Waals surface area contributed by atoms with Crippen molar-refractivity contribution in [1.82, 2.24) is 30.2 Å². The van der Waals surface area contributed by atoms with Gasteiger partial charge in [0.15, 0.2) is 0 Å². The van der Waals surface area contributed by atoms with Gasteiger partial charge in [0.2, 0.25) is 11.8 Å². The minimum atomic E-state index is -0.194. The molecule has 0 saturated heterocycles. The molecule has 0 aliphatic heterocycles. The SMILES string of the molecule is Cc1nnc(CN(C)C(=O)N[C@H](C)Cn2cccn2)o1. The molecule has 2 heterocycles. The van der Waals surface area contributed by atoms with Gasteiger partial charge in [0.05, 0.1) is 6.54 Å². The topological polar surface area (TPSA) is 89.1 Å². The Labute approximate surface area is 116 Å². The van der Waals surface area contributed by atoms with E-state index < -0.39 is 0 Å². The van der Waals surface area contributed by atoms with Crippen LogP contribution in [0, 0.1) is 6.92 Å². The molecular formula is C12H18N6O2. The highest BCUT2D eigenvalue weighted by molar-refractivity contribution is 5.74. The van der Waals surface area contributed by atoms with Crippen molar-refractivity contribution in [3.8, 4) is 0 Å². The highest BCUT2D eigenvalue weighted by Gasteiger charge is 2.15. The Hall–Kier alpha value is -2.38. The molecule has 0 saturated carbocycles. The Morgan fingerprint density at radius 2 is 2.35 bits per heavy atom. The van der Waals surface area contributed by atoms with E-state index in [4.69, 9.17) is 4.42 Å². The number of nitrogens with zero attached hydrogens (tertiary/aromatic N) is 5. The van der Waals surface area contributed by atoms with Crippen LogP contribution in [-0.2, 0) is 13.1 Å². The third-order valence-corrected chi connectivity index (χ3v) is 2.68. The van der Waals surface area contributed by atoms with Crippen molar-refractivity contribution in [3.63, 3.8) is 0 Å².